The number of quaternary nitrogens is 2. The molecular weight excluding hydrogens is 392 g/mol. The van der Waals surface area contributed by atoms with E-state index in [9.17, 15) is 4.79 Å². The second-order valence-electron chi connectivity index (χ2n) is 10.0. The fourth-order valence-electron chi connectivity index (χ4n) is 4.73. The number of carbonyl (C=O) groups excluding carboxylic acids is 1. The lowest BCUT2D eigenvalue weighted by Gasteiger charge is -2.29. The molecule has 2 aliphatic rings. The molecule has 1 aliphatic carbocycles. The highest BCUT2D eigenvalue weighted by atomic mass is 32.1. The lowest BCUT2D eigenvalue weighted by molar-refractivity contribution is -1.02. The second-order valence-corrected chi connectivity index (χ2v) is 11.3. The molecule has 0 atom stereocenters. The number of carbonyl (C=O) groups is 1. The molecule has 162 valence electrons. The van der Waals surface area contributed by atoms with Gasteiger partial charge in [0.25, 0.3) is 5.91 Å². The van der Waals surface area contributed by atoms with Crippen molar-refractivity contribution >= 4 is 17.2 Å². The van der Waals surface area contributed by atoms with Gasteiger partial charge in [-0.25, -0.2) is 4.98 Å². The molecule has 2 aromatic rings. The molecule has 5 nitrogen and oxygen atoms in total. The summed E-state index contributed by atoms with van der Waals surface area (Å²) in [7, 11) is 0. The lowest BCUT2D eigenvalue weighted by Crippen LogP contribution is -3.28. The minimum atomic E-state index is -0.150. The highest BCUT2D eigenvalue weighted by Gasteiger charge is 2.27. The van der Waals surface area contributed by atoms with Gasteiger partial charge in [-0.15, -0.1) is 11.3 Å². The van der Waals surface area contributed by atoms with E-state index in [1.807, 2.05) is 32.1 Å². The standard InChI is InChI=1S/C24H34N4OS/c1-17-23(20-9-8-18-6-5-7-19(18)14-20)25-22(30-17)16-28-12-10-27(11-13-28)15-21(29)26-24(2,3)4/h8-9,14H,5-7,10-13,15-16H2,1-4H3,(H,26,29)/p+2. The van der Waals surface area contributed by atoms with Gasteiger partial charge in [0.2, 0.25) is 0 Å². The fraction of sp³-hybridized carbons (Fsp3) is 0.583. The van der Waals surface area contributed by atoms with E-state index in [1.54, 1.807) is 4.90 Å². The molecule has 0 bridgehead atoms. The van der Waals surface area contributed by atoms with Crippen molar-refractivity contribution in [1.29, 1.82) is 0 Å². The predicted octanol–water partition coefficient (Wildman–Crippen LogP) is 0.805. The summed E-state index contributed by atoms with van der Waals surface area (Å²) < 4.78 is 0. The quantitative estimate of drug-likeness (QED) is 0.660. The lowest BCUT2D eigenvalue weighted by atomic mass is 10.0. The van der Waals surface area contributed by atoms with Crippen LogP contribution in [0.5, 0.6) is 0 Å². The Hall–Kier alpha value is -1.76. The van der Waals surface area contributed by atoms with Crippen molar-refractivity contribution in [2.75, 3.05) is 32.7 Å². The van der Waals surface area contributed by atoms with E-state index in [1.165, 1.54) is 56.4 Å². The number of fused-ring (bicyclic) bond motifs is 1. The summed E-state index contributed by atoms with van der Waals surface area (Å²) in [4.78, 5) is 21.5. The molecule has 3 N–H and O–H groups in total. The molecule has 0 saturated carbocycles. The Labute approximate surface area is 184 Å². The Bertz CT molecular complexity index is 906. The molecule has 1 fully saturated rings. The Kier molecular flexibility index (Phi) is 6.28. The van der Waals surface area contributed by atoms with E-state index in [0.29, 0.717) is 6.54 Å². The average Bonchev–Trinajstić information content (AvgIpc) is 3.27. The van der Waals surface area contributed by atoms with Crippen LogP contribution in [0.4, 0.5) is 0 Å². The van der Waals surface area contributed by atoms with Gasteiger partial charge in [-0.3, -0.25) is 4.79 Å². The topological polar surface area (TPSA) is 50.9 Å². The summed E-state index contributed by atoms with van der Waals surface area (Å²) in [5.74, 6) is 0.162. The van der Waals surface area contributed by atoms with Crippen LogP contribution in [0, 0.1) is 6.92 Å². The molecule has 0 unspecified atom stereocenters. The number of amides is 1. The van der Waals surface area contributed by atoms with Crippen LogP contribution in [0.2, 0.25) is 0 Å². The van der Waals surface area contributed by atoms with Crippen molar-refractivity contribution in [3.63, 3.8) is 0 Å². The maximum absolute atomic E-state index is 12.2. The van der Waals surface area contributed by atoms with Gasteiger partial charge in [-0.2, -0.15) is 0 Å². The number of rotatable bonds is 5. The molecule has 6 heteroatoms. The summed E-state index contributed by atoms with van der Waals surface area (Å²) in [5.41, 5.74) is 5.34. The molecule has 1 saturated heterocycles. The van der Waals surface area contributed by atoms with Crippen molar-refractivity contribution in [2.45, 2.75) is 59.0 Å². The summed E-state index contributed by atoms with van der Waals surface area (Å²) in [5, 5.41) is 4.33. The van der Waals surface area contributed by atoms with Crippen LogP contribution in [0.25, 0.3) is 11.3 Å². The molecular formula is C24H36N4OS+2. The Morgan fingerprint density at radius 1 is 1.10 bits per heavy atom. The summed E-state index contributed by atoms with van der Waals surface area (Å²) in [6.45, 7) is 14.2. The zero-order chi connectivity index (χ0) is 21.3. The molecule has 1 aromatic heterocycles. The van der Waals surface area contributed by atoms with Crippen molar-refractivity contribution in [2.24, 2.45) is 0 Å². The maximum Gasteiger partial charge on any atom is 0.275 e. The zero-order valence-electron chi connectivity index (χ0n) is 18.9. The molecule has 30 heavy (non-hydrogen) atoms. The van der Waals surface area contributed by atoms with Gasteiger partial charge in [0.05, 0.1) is 5.69 Å². The number of aromatic nitrogens is 1. The molecule has 4 rings (SSSR count). The number of piperazine rings is 1. The van der Waals surface area contributed by atoms with Gasteiger partial charge in [-0.05, 0) is 64.2 Å². The van der Waals surface area contributed by atoms with Crippen LogP contribution in [-0.4, -0.2) is 49.2 Å². The third-order valence-corrected chi connectivity index (χ3v) is 7.17. The Balaban J connectivity index is 1.32. The first kappa shape index (κ1) is 21.5. The molecule has 1 aliphatic heterocycles. The van der Waals surface area contributed by atoms with Crippen LogP contribution in [0.1, 0.15) is 48.2 Å². The molecule has 0 radical (unpaired) electrons. The zero-order valence-corrected chi connectivity index (χ0v) is 19.7. The van der Waals surface area contributed by atoms with Crippen LogP contribution in [0.3, 0.4) is 0 Å². The number of benzene rings is 1. The van der Waals surface area contributed by atoms with Gasteiger partial charge in [-0.1, -0.05) is 12.1 Å². The molecule has 0 spiro atoms. The third-order valence-electron chi connectivity index (χ3n) is 6.20. The number of hydrogen-bond donors (Lipinski definition) is 3. The first-order valence-electron chi connectivity index (χ1n) is 11.3. The van der Waals surface area contributed by atoms with Crippen LogP contribution < -0.4 is 15.1 Å². The number of hydrogen-bond acceptors (Lipinski definition) is 3. The SMILES string of the molecule is Cc1sc(C[NH+]2CC[NH+](CC(=O)NC(C)(C)C)CC2)nc1-c1ccc2c(c1)CCC2. The summed E-state index contributed by atoms with van der Waals surface area (Å²) >= 11 is 1.85. The van der Waals surface area contributed by atoms with E-state index in [4.69, 9.17) is 4.98 Å². The second kappa shape index (κ2) is 8.77. The summed E-state index contributed by atoms with van der Waals surface area (Å²) in [6.07, 6.45) is 3.73. The van der Waals surface area contributed by atoms with Crippen LogP contribution >= 0.6 is 11.3 Å². The van der Waals surface area contributed by atoms with E-state index in [2.05, 4.69) is 30.4 Å². The third kappa shape index (κ3) is 5.29. The van der Waals surface area contributed by atoms with E-state index in [-0.39, 0.29) is 11.4 Å². The minimum Gasteiger partial charge on any atom is -0.347 e. The van der Waals surface area contributed by atoms with Crippen LogP contribution in [-0.2, 0) is 24.2 Å². The van der Waals surface area contributed by atoms with Gasteiger partial charge >= 0.3 is 0 Å². The predicted molar refractivity (Wildman–Crippen MR) is 122 cm³/mol. The van der Waals surface area contributed by atoms with E-state index >= 15 is 0 Å². The smallest absolute Gasteiger partial charge is 0.275 e. The Morgan fingerprint density at radius 3 is 2.53 bits per heavy atom. The fourth-order valence-corrected chi connectivity index (χ4v) is 5.75. The first-order valence-corrected chi connectivity index (χ1v) is 12.1. The van der Waals surface area contributed by atoms with Gasteiger partial charge in [0, 0.05) is 16.0 Å². The molecule has 2 heterocycles. The van der Waals surface area contributed by atoms with Crippen molar-refractivity contribution in [1.82, 2.24) is 10.3 Å². The van der Waals surface area contributed by atoms with Crippen molar-refractivity contribution in [3.8, 4) is 11.3 Å². The number of aryl methyl sites for hydroxylation is 3. The number of nitrogens with one attached hydrogen (secondary N) is 3. The monoisotopic (exact) mass is 428 g/mol. The van der Waals surface area contributed by atoms with Crippen molar-refractivity contribution < 1.29 is 14.6 Å². The van der Waals surface area contributed by atoms with Gasteiger partial charge < -0.3 is 15.1 Å². The molecule has 1 aromatic carbocycles. The number of thiazole rings is 1. The highest BCUT2D eigenvalue weighted by Crippen LogP contribution is 2.31. The van der Waals surface area contributed by atoms with Crippen LogP contribution in [0.15, 0.2) is 18.2 Å². The number of nitrogens with zero attached hydrogens (tertiary/aromatic N) is 1. The minimum absolute atomic E-state index is 0.150. The van der Waals surface area contributed by atoms with Crippen molar-refractivity contribution in [3.05, 3.63) is 39.2 Å². The van der Waals surface area contributed by atoms with Gasteiger partial charge in [0.15, 0.2) is 6.54 Å². The van der Waals surface area contributed by atoms with E-state index in [0.717, 1.165) is 32.7 Å². The van der Waals surface area contributed by atoms with Gasteiger partial charge in [0.1, 0.15) is 37.7 Å². The Morgan fingerprint density at radius 2 is 1.80 bits per heavy atom. The average molecular weight is 429 g/mol. The highest BCUT2D eigenvalue weighted by molar-refractivity contribution is 7.12. The summed E-state index contributed by atoms with van der Waals surface area (Å²) in [6, 6.07) is 6.93. The maximum atomic E-state index is 12.2. The normalized spacial score (nSPS) is 21.5. The van der Waals surface area contributed by atoms with E-state index < -0.39 is 0 Å². The molecule has 1 amide bonds. The largest absolute Gasteiger partial charge is 0.347 e. The first-order chi connectivity index (χ1) is 14.3.